The Morgan fingerprint density at radius 2 is 1.85 bits per heavy atom. The second-order valence-corrected chi connectivity index (χ2v) is 10.6. The first kappa shape index (κ1) is 20.5. The van der Waals surface area contributed by atoms with Crippen LogP contribution in [-0.2, 0) is 5.60 Å². The molecule has 34 heavy (non-hydrogen) atoms. The van der Waals surface area contributed by atoms with Crippen LogP contribution in [-0.4, -0.2) is 42.7 Å². The maximum Gasteiger partial charge on any atom is 0.103 e. The SMILES string of the molecule is Cc1ncccc1C1(O)[C@@H]2CC[C@H]1CN(c1cc3c(cnn3-c3cnn(C4CC4)c3)cc1Cl)C2. The van der Waals surface area contributed by atoms with Gasteiger partial charge in [-0.15, -0.1) is 0 Å². The smallest absolute Gasteiger partial charge is 0.103 e. The highest BCUT2D eigenvalue weighted by molar-refractivity contribution is 6.34. The van der Waals surface area contributed by atoms with Crippen LogP contribution in [0.1, 0.15) is 43.0 Å². The van der Waals surface area contributed by atoms with Crippen LogP contribution in [0.15, 0.2) is 49.1 Å². The molecule has 7 rings (SSSR count). The molecule has 0 radical (unpaired) electrons. The summed E-state index contributed by atoms with van der Waals surface area (Å²) >= 11 is 6.81. The molecule has 3 aromatic heterocycles. The number of aliphatic hydroxyl groups is 1. The number of halogens is 1. The normalized spacial score (nSPS) is 26.5. The van der Waals surface area contributed by atoms with Gasteiger partial charge in [0.25, 0.3) is 0 Å². The van der Waals surface area contributed by atoms with Crippen LogP contribution in [0.3, 0.4) is 0 Å². The average molecular weight is 475 g/mol. The fourth-order valence-corrected chi connectivity index (χ4v) is 6.54. The number of aryl methyl sites for hydroxylation is 1. The molecular weight excluding hydrogens is 448 g/mol. The molecule has 1 unspecified atom stereocenters. The van der Waals surface area contributed by atoms with E-state index in [1.165, 1.54) is 12.8 Å². The molecule has 1 aliphatic heterocycles. The number of nitrogens with zero attached hydrogens (tertiary/aromatic N) is 6. The van der Waals surface area contributed by atoms with E-state index in [4.69, 9.17) is 11.6 Å². The van der Waals surface area contributed by atoms with Gasteiger partial charge in [0.2, 0.25) is 0 Å². The number of hydrogen-bond donors (Lipinski definition) is 1. The molecule has 0 amide bonds. The minimum atomic E-state index is -0.829. The summed E-state index contributed by atoms with van der Waals surface area (Å²) in [6.45, 7) is 3.52. The highest BCUT2D eigenvalue weighted by Crippen LogP contribution is 2.53. The summed E-state index contributed by atoms with van der Waals surface area (Å²) in [6, 6.07) is 8.67. The molecule has 2 aliphatic carbocycles. The Balaban J connectivity index is 1.24. The number of aromatic nitrogens is 5. The second-order valence-electron chi connectivity index (χ2n) is 10.2. The minimum Gasteiger partial charge on any atom is -0.384 e. The van der Waals surface area contributed by atoms with Crippen LogP contribution < -0.4 is 4.90 Å². The van der Waals surface area contributed by atoms with Crippen molar-refractivity contribution in [3.8, 4) is 5.69 Å². The molecule has 8 heteroatoms. The Labute approximate surface area is 203 Å². The third-order valence-corrected chi connectivity index (χ3v) is 8.46. The van der Waals surface area contributed by atoms with Crippen molar-refractivity contribution in [2.75, 3.05) is 18.0 Å². The molecule has 1 N–H and O–H groups in total. The van der Waals surface area contributed by atoms with Crippen LogP contribution in [0.5, 0.6) is 0 Å². The summed E-state index contributed by atoms with van der Waals surface area (Å²) < 4.78 is 4.00. The first-order valence-electron chi connectivity index (χ1n) is 12.1. The Hall–Kier alpha value is -2.90. The summed E-state index contributed by atoms with van der Waals surface area (Å²) in [5.41, 5.74) is 4.07. The number of fused-ring (bicyclic) bond motifs is 3. The van der Waals surface area contributed by atoms with E-state index in [1.807, 2.05) is 46.9 Å². The van der Waals surface area contributed by atoms with Crippen molar-refractivity contribution < 1.29 is 5.11 Å². The van der Waals surface area contributed by atoms with Gasteiger partial charge in [-0.1, -0.05) is 17.7 Å². The molecular formula is C26H27ClN6O. The minimum absolute atomic E-state index is 0.141. The van der Waals surface area contributed by atoms with E-state index >= 15 is 0 Å². The van der Waals surface area contributed by atoms with Crippen LogP contribution in [0.4, 0.5) is 5.69 Å². The van der Waals surface area contributed by atoms with E-state index in [0.717, 1.165) is 64.5 Å². The van der Waals surface area contributed by atoms with Gasteiger partial charge in [0.1, 0.15) is 11.3 Å². The van der Waals surface area contributed by atoms with Gasteiger partial charge in [0, 0.05) is 47.8 Å². The van der Waals surface area contributed by atoms with Gasteiger partial charge in [0.15, 0.2) is 0 Å². The monoisotopic (exact) mass is 474 g/mol. The van der Waals surface area contributed by atoms with Gasteiger partial charge in [0.05, 0.1) is 40.9 Å². The zero-order chi connectivity index (χ0) is 23.0. The number of benzene rings is 1. The maximum absolute atomic E-state index is 11.9. The molecule has 4 heterocycles. The van der Waals surface area contributed by atoms with Crippen molar-refractivity contribution in [1.82, 2.24) is 24.5 Å². The lowest BCUT2D eigenvalue weighted by Gasteiger charge is -2.46. The zero-order valence-corrected chi connectivity index (χ0v) is 19.9. The summed E-state index contributed by atoms with van der Waals surface area (Å²) in [5, 5.41) is 22.8. The van der Waals surface area contributed by atoms with Gasteiger partial charge in [-0.25, -0.2) is 4.68 Å². The number of hydrogen-bond acceptors (Lipinski definition) is 5. The predicted octanol–water partition coefficient (Wildman–Crippen LogP) is 4.65. The molecule has 2 saturated carbocycles. The molecule has 0 spiro atoms. The standard InChI is InChI=1S/C26H27ClN6O/c1-16-22(3-2-8-28-16)26(34)18-4-5-19(26)14-31(13-18)25-10-24-17(9-23(25)27)11-30-33(24)21-12-29-32(15-21)20-6-7-20/h2-3,8-12,15,18-20,34H,4-7,13-14H2,1H3/t18-,19+,26?. The largest absolute Gasteiger partial charge is 0.384 e. The number of anilines is 1. The van der Waals surface area contributed by atoms with Gasteiger partial charge in [-0.2, -0.15) is 10.2 Å². The molecule has 3 aliphatic rings. The highest BCUT2D eigenvalue weighted by atomic mass is 35.5. The maximum atomic E-state index is 11.9. The number of rotatable bonds is 4. The molecule has 1 saturated heterocycles. The zero-order valence-electron chi connectivity index (χ0n) is 19.1. The number of pyridine rings is 1. The van der Waals surface area contributed by atoms with Gasteiger partial charge < -0.3 is 10.0 Å². The molecule has 1 aromatic carbocycles. The molecule has 174 valence electrons. The third-order valence-electron chi connectivity index (χ3n) is 8.16. The first-order chi connectivity index (χ1) is 16.5. The van der Waals surface area contributed by atoms with Crippen molar-refractivity contribution in [1.29, 1.82) is 0 Å². The highest BCUT2D eigenvalue weighted by Gasteiger charge is 2.54. The predicted molar refractivity (Wildman–Crippen MR) is 131 cm³/mol. The lowest BCUT2D eigenvalue weighted by molar-refractivity contribution is -0.0516. The summed E-state index contributed by atoms with van der Waals surface area (Å²) in [5.74, 6) is 0.283. The van der Waals surface area contributed by atoms with Gasteiger partial charge in [-0.3, -0.25) is 9.67 Å². The summed E-state index contributed by atoms with van der Waals surface area (Å²) in [4.78, 5) is 6.82. The van der Waals surface area contributed by atoms with Crippen molar-refractivity contribution >= 4 is 28.2 Å². The molecule has 3 atom stereocenters. The van der Waals surface area contributed by atoms with E-state index in [1.54, 1.807) is 6.20 Å². The third kappa shape index (κ3) is 2.96. The van der Waals surface area contributed by atoms with Crippen LogP contribution in [0, 0.1) is 18.8 Å². The first-order valence-corrected chi connectivity index (χ1v) is 12.5. The Morgan fingerprint density at radius 1 is 1.06 bits per heavy atom. The summed E-state index contributed by atoms with van der Waals surface area (Å²) in [7, 11) is 0. The van der Waals surface area contributed by atoms with Crippen LogP contribution >= 0.6 is 11.6 Å². The van der Waals surface area contributed by atoms with E-state index < -0.39 is 5.60 Å². The van der Waals surface area contributed by atoms with E-state index in [9.17, 15) is 5.11 Å². The van der Waals surface area contributed by atoms with E-state index in [0.29, 0.717) is 6.04 Å². The second kappa shape index (κ2) is 7.30. The number of piperidine rings is 1. The fraction of sp³-hybridized carbons (Fsp3) is 0.423. The Morgan fingerprint density at radius 3 is 2.59 bits per heavy atom. The van der Waals surface area contributed by atoms with Crippen molar-refractivity contribution in [3.05, 3.63) is 65.3 Å². The topological polar surface area (TPSA) is 72.0 Å². The van der Waals surface area contributed by atoms with Gasteiger partial charge >= 0.3 is 0 Å². The lowest BCUT2D eigenvalue weighted by Crippen LogP contribution is -2.52. The molecule has 3 fully saturated rings. The molecule has 7 nitrogen and oxygen atoms in total. The Kier molecular flexibility index (Phi) is 4.39. The van der Waals surface area contributed by atoms with Crippen molar-refractivity contribution in [2.45, 2.75) is 44.2 Å². The average Bonchev–Trinajstić information content (AvgIpc) is 3.40. The van der Waals surface area contributed by atoms with Crippen molar-refractivity contribution in [2.24, 2.45) is 11.8 Å². The van der Waals surface area contributed by atoms with Crippen molar-refractivity contribution in [3.63, 3.8) is 0 Å². The van der Waals surface area contributed by atoms with Crippen LogP contribution in [0.25, 0.3) is 16.6 Å². The lowest BCUT2D eigenvalue weighted by atomic mass is 9.74. The Bertz CT molecular complexity index is 1390. The fourth-order valence-electron chi connectivity index (χ4n) is 6.25. The van der Waals surface area contributed by atoms with E-state index in [2.05, 4.69) is 32.3 Å². The van der Waals surface area contributed by atoms with Gasteiger partial charge in [-0.05, 0) is 50.8 Å². The van der Waals surface area contributed by atoms with Crippen LogP contribution in [0.2, 0.25) is 5.02 Å². The van der Waals surface area contributed by atoms with E-state index in [-0.39, 0.29) is 11.8 Å². The summed E-state index contributed by atoms with van der Waals surface area (Å²) in [6.07, 6.45) is 12.0. The quantitative estimate of drug-likeness (QED) is 0.466. The molecule has 4 aromatic rings. The molecule has 2 bridgehead atoms.